The lowest BCUT2D eigenvalue weighted by molar-refractivity contribution is 0.102. The van der Waals surface area contributed by atoms with Gasteiger partial charge in [0, 0.05) is 29.4 Å². The Bertz CT molecular complexity index is 923. The molecule has 0 aliphatic carbocycles. The highest BCUT2D eigenvalue weighted by atomic mass is 16.5. The minimum absolute atomic E-state index is 0.241. The van der Waals surface area contributed by atoms with Crippen molar-refractivity contribution in [3.63, 3.8) is 0 Å². The van der Waals surface area contributed by atoms with Crippen LogP contribution in [0.5, 0.6) is 11.5 Å². The van der Waals surface area contributed by atoms with Gasteiger partial charge in [0.2, 0.25) is 0 Å². The number of nitrogens with zero attached hydrogens (tertiary/aromatic N) is 4. The van der Waals surface area contributed by atoms with E-state index in [1.54, 1.807) is 55.3 Å². The molecule has 0 fully saturated rings. The van der Waals surface area contributed by atoms with Gasteiger partial charge in [-0.1, -0.05) is 12.1 Å². The van der Waals surface area contributed by atoms with Gasteiger partial charge in [-0.2, -0.15) is 0 Å². The molecule has 3 rings (SSSR count). The largest absolute Gasteiger partial charge is 0.493 e. The van der Waals surface area contributed by atoms with Crippen molar-refractivity contribution in [2.45, 2.75) is 13.5 Å². The number of aryl methyl sites for hydroxylation is 1. The molecule has 0 atom stereocenters. The first-order valence-electron chi connectivity index (χ1n) is 8.06. The van der Waals surface area contributed by atoms with E-state index in [0.29, 0.717) is 35.1 Å². The molecule has 8 heteroatoms. The molecule has 0 aliphatic heterocycles. The van der Waals surface area contributed by atoms with Crippen LogP contribution in [-0.4, -0.2) is 40.3 Å². The molecular weight excluding hydrogens is 334 g/mol. The molecule has 134 valence electrons. The molecule has 0 aliphatic rings. The molecule has 3 aromatic rings. The van der Waals surface area contributed by atoms with Crippen molar-refractivity contribution in [3.8, 4) is 22.9 Å². The van der Waals surface area contributed by atoms with E-state index in [1.165, 1.54) is 0 Å². The summed E-state index contributed by atoms with van der Waals surface area (Å²) in [4.78, 5) is 12.6. The SMILES string of the molecule is CCn1nnnc1-c1cccc(C(=O)Nc2ccc(OC)c(OC)c2)c1. The molecule has 26 heavy (non-hydrogen) atoms. The predicted molar refractivity (Wildman–Crippen MR) is 96.4 cm³/mol. The van der Waals surface area contributed by atoms with E-state index in [-0.39, 0.29) is 5.91 Å². The van der Waals surface area contributed by atoms with Crippen molar-refractivity contribution in [1.82, 2.24) is 20.2 Å². The summed E-state index contributed by atoms with van der Waals surface area (Å²) < 4.78 is 12.1. The highest BCUT2D eigenvalue weighted by molar-refractivity contribution is 6.05. The summed E-state index contributed by atoms with van der Waals surface area (Å²) >= 11 is 0. The van der Waals surface area contributed by atoms with Gasteiger partial charge in [-0.15, -0.1) is 5.10 Å². The fourth-order valence-corrected chi connectivity index (χ4v) is 2.54. The van der Waals surface area contributed by atoms with E-state index >= 15 is 0 Å². The number of rotatable bonds is 6. The standard InChI is InChI=1S/C18H19N5O3/c1-4-23-17(20-21-22-23)12-6-5-7-13(10-12)18(24)19-14-8-9-15(25-2)16(11-14)26-3/h5-11H,4H2,1-3H3,(H,19,24). The van der Waals surface area contributed by atoms with Gasteiger partial charge < -0.3 is 14.8 Å². The Morgan fingerprint density at radius 3 is 2.65 bits per heavy atom. The van der Waals surface area contributed by atoms with Crippen LogP contribution in [0, 0.1) is 0 Å². The number of hydrogen-bond donors (Lipinski definition) is 1. The fourth-order valence-electron chi connectivity index (χ4n) is 2.54. The molecule has 2 aromatic carbocycles. The molecule has 8 nitrogen and oxygen atoms in total. The zero-order valence-electron chi connectivity index (χ0n) is 14.8. The summed E-state index contributed by atoms with van der Waals surface area (Å²) in [6, 6.07) is 12.4. The second kappa shape index (κ2) is 7.64. The first kappa shape index (κ1) is 17.4. The third-order valence-corrected chi connectivity index (χ3v) is 3.86. The average Bonchev–Trinajstić information content (AvgIpc) is 3.16. The van der Waals surface area contributed by atoms with Crippen LogP contribution in [0.1, 0.15) is 17.3 Å². The normalized spacial score (nSPS) is 10.4. The first-order valence-corrected chi connectivity index (χ1v) is 8.06. The Balaban J connectivity index is 1.84. The van der Waals surface area contributed by atoms with Gasteiger partial charge in [0.25, 0.3) is 5.91 Å². The second-order valence-electron chi connectivity index (χ2n) is 5.42. The summed E-state index contributed by atoms with van der Waals surface area (Å²) in [6.45, 7) is 2.60. The zero-order chi connectivity index (χ0) is 18.5. The van der Waals surface area contributed by atoms with Gasteiger partial charge in [-0.25, -0.2) is 4.68 Å². The topological polar surface area (TPSA) is 91.2 Å². The Labute approximate surface area is 150 Å². The molecular formula is C18H19N5O3. The quantitative estimate of drug-likeness (QED) is 0.732. The number of hydrogen-bond acceptors (Lipinski definition) is 6. The van der Waals surface area contributed by atoms with Gasteiger partial charge in [0.15, 0.2) is 17.3 Å². The first-order chi connectivity index (χ1) is 12.7. The number of carbonyl (C=O) groups is 1. The lowest BCUT2D eigenvalue weighted by atomic mass is 10.1. The predicted octanol–water partition coefficient (Wildman–Crippen LogP) is 2.63. The molecule has 0 spiro atoms. The molecule has 1 heterocycles. The monoisotopic (exact) mass is 353 g/mol. The number of tetrazole rings is 1. The van der Waals surface area contributed by atoms with Crippen molar-refractivity contribution in [1.29, 1.82) is 0 Å². The number of aromatic nitrogens is 4. The Morgan fingerprint density at radius 2 is 1.92 bits per heavy atom. The van der Waals surface area contributed by atoms with Crippen LogP contribution in [0.3, 0.4) is 0 Å². The maximum Gasteiger partial charge on any atom is 0.255 e. The Hall–Kier alpha value is -3.42. The molecule has 0 saturated heterocycles. The fraction of sp³-hybridized carbons (Fsp3) is 0.222. The van der Waals surface area contributed by atoms with E-state index in [2.05, 4.69) is 20.8 Å². The lowest BCUT2D eigenvalue weighted by Gasteiger charge is -2.11. The van der Waals surface area contributed by atoms with E-state index in [9.17, 15) is 4.79 Å². The summed E-state index contributed by atoms with van der Waals surface area (Å²) in [5.41, 5.74) is 1.89. The molecule has 1 N–H and O–H groups in total. The number of ether oxygens (including phenoxy) is 2. The van der Waals surface area contributed by atoms with E-state index in [0.717, 1.165) is 5.56 Å². The molecule has 0 bridgehead atoms. The van der Waals surface area contributed by atoms with Crippen LogP contribution in [0.15, 0.2) is 42.5 Å². The molecule has 0 unspecified atom stereocenters. The minimum Gasteiger partial charge on any atom is -0.493 e. The van der Waals surface area contributed by atoms with Crippen LogP contribution in [0.2, 0.25) is 0 Å². The average molecular weight is 353 g/mol. The van der Waals surface area contributed by atoms with Gasteiger partial charge in [-0.05, 0) is 41.6 Å². The van der Waals surface area contributed by atoms with Crippen molar-refractivity contribution in [2.24, 2.45) is 0 Å². The molecule has 0 saturated carbocycles. The van der Waals surface area contributed by atoms with E-state index in [1.807, 2.05) is 13.0 Å². The molecule has 1 amide bonds. The Morgan fingerprint density at radius 1 is 1.12 bits per heavy atom. The molecule has 1 aromatic heterocycles. The van der Waals surface area contributed by atoms with Crippen LogP contribution in [0.25, 0.3) is 11.4 Å². The summed E-state index contributed by atoms with van der Waals surface area (Å²) in [6.07, 6.45) is 0. The van der Waals surface area contributed by atoms with Gasteiger partial charge in [-0.3, -0.25) is 4.79 Å². The van der Waals surface area contributed by atoms with Crippen molar-refractivity contribution >= 4 is 11.6 Å². The maximum absolute atomic E-state index is 12.6. The van der Waals surface area contributed by atoms with E-state index in [4.69, 9.17) is 9.47 Å². The van der Waals surface area contributed by atoms with Crippen LogP contribution in [-0.2, 0) is 6.54 Å². The van der Waals surface area contributed by atoms with Crippen LogP contribution < -0.4 is 14.8 Å². The minimum atomic E-state index is -0.241. The van der Waals surface area contributed by atoms with Gasteiger partial charge in [0.05, 0.1) is 14.2 Å². The van der Waals surface area contributed by atoms with Gasteiger partial charge in [0.1, 0.15) is 0 Å². The highest BCUT2D eigenvalue weighted by Crippen LogP contribution is 2.30. The van der Waals surface area contributed by atoms with Crippen molar-refractivity contribution in [3.05, 3.63) is 48.0 Å². The van der Waals surface area contributed by atoms with E-state index < -0.39 is 0 Å². The number of amides is 1. The number of nitrogens with one attached hydrogen (secondary N) is 1. The zero-order valence-corrected chi connectivity index (χ0v) is 14.8. The number of benzene rings is 2. The van der Waals surface area contributed by atoms with Gasteiger partial charge >= 0.3 is 0 Å². The highest BCUT2D eigenvalue weighted by Gasteiger charge is 2.13. The Kier molecular flexibility index (Phi) is 5.12. The summed E-state index contributed by atoms with van der Waals surface area (Å²) in [7, 11) is 3.11. The van der Waals surface area contributed by atoms with Crippen molar-refractivity contribution in [2.75, 3.05) is 19.5 Å². The maximum atomic E-state index is 12.6. The molecule has 0 radical (unpaired) electrons. The lowest BCUT2D eigenvalue weighted by Crippen LogP contribution is -2.12. The number of carbonyl (C=O) groups excluding carboxylic acids is 1. The third-order valence-electron chi connectivity index (χ3n) is 3.86. The third kappa shape index (κ3) is 3.49. The summed E-state index contributed by atoms with van der Waals surface area (Å²) in [5.74, 6) is 1.52. The second-order valence-corrected chi connectivity index (χ2v) is 5.42. The van der Waals surface area contributed by atoms with Crippen molar-refractivity contribution < 1.29 is 14.3 Å². The summed E-state index contributed by atoms with van der Waals surface area (Å²) in [5, 5.41) is 14.5. The smallest absolute Gasteiger partial charge is 0.255 e. The van der Waals surface area contributed by atoms with Crippen LogP contribution >= 0.6 is 0 Å². The number of methoxy groups -OCH3 is 2. The number of anilines is 1. The van der Waals surface area contributed by atoms with Crippen LogP contribution in [0.4, 0.5) is 5.69 Å².